The van der Waals surface area contributed by atoms with Crippen molar-refractivity contribution in [1.82, 2.24) is 9.38 Å². The van der Waals surface area contributed by atoms with Crippen LogP contribution < -0.4 is 9.22 Å². The van der Waals surface area contributed by atoms with Crippen molar-refractivity contribution < 1.29 is 29.0 Å². The lowest BCUT2D eigenvalue weighted by Gasteiger charge is -2.28. The van der Waals surface area contributed by atoms with E-state index in [4.69, 9.17) is 9.47 Å². The molecule has 9 nitrogen and oxygen atoms in total. The van der Waals surface area contributed by atoms with E-state index in [-0.39, 0.29) is 13.0 Å². The van der Waals surface area contributed by atoms with Gasteiger partial charge < -0.3 is 19.5 Å². The Labute approximate surface area is 229 Å². The number of ether oxygens (including phenoxy) is 2. The van der Waals surface area contributed by atoms with Crippen LogP contribution >= 0.6 is 0 Å². The molecule has 1 heterocycles. The Morgan fingerprint density at radius 1 is 0.974 bits per heavy atom. The Bertz CT molecular complexity index is 1230. The minimum Gasteiger partial charge on any atom is -0.444 e. The number of esters is 1. The molecule has 3 rings (SSSR count). The number of aryl methyl sites for hydroxylation is 1. The smallest absolute Gasteiger partial charge is 0.444 e. The molecule has 1 atom stereocenters. The van der Waals surface area contributed by atoms with Gasteiger partial charge in [-0.05, 0) is 63.4 Å². The molecule has 39 heavy (non-hydrogen) atoms. The quantitative estimate of drug-likeness (QED) is 0.156. The molecule has 1 aliphatic rings. The maximum Gasteiger partial charge on any atom is 0.529 e. The number of aliphatic imine (C=N–C) groups is 1. The van der Waals surface area contributed by atoms with Gasteiger partial charge >= 0.3 is 18.2 Å². The first-order valence-electron chi connectivity index (χ1n) is 13.2. The first-order chi connectivity index (χ1) is 18.5. The molecule has 1 aliphatic heterocycles. The van der Waals surface area contributed by atoms with Crippen LogP contribution in [0.4, 0.5) is 15.3 Å². The van der Waals surface area contributed by atoms with E-state index in [0.717, 1.165) is 19.3 Å². The monoisotopic (exact) mass is 536 g/mol. The summed E-state index contributed by atoms with van der Waals surface area (Å²) in [7, 11) is 1.59. The predicted octanol–water partition coefficient (Wildman–Crippen LogP) is 6.76. The number of hydrogen-bond acceptors (Lipinski definition) is 6. The summed E-state index contributed by atoms with van der Waals surface area (Å²) in [4.78, 5) is 43.2. The second-order valence-corrected chi connectivity index (χ2v) is 10.5. The van der Waals surface area contributed by atoms with Crippen LogP contribution in [0.5, 0.6) is 5.75 Å². The number of nitrogens with zero attached hydrogens (tertiary/aromatic N) is 3. The van der Waals surface area contributed by atoms with Crippen molar-refractivity contribution in [2.75, 3.05) is 13.6 Å². The fraction of sp³-hybridized carbons (Fsp3) is 0.400. The topological polar surface area (TPSA) is 106 Å². The van der Waals surface area contributed by atoms with Crippen LogP contribution in [0.15, 0.2) is 65.9 Å². The molecule has 2 aromatic rings. The molecule has 0 bridgehead atoms. The summed E-state index contributed by atoms with van der Waals surface area (Å²) in [5.74, 6) is 0.144. The number of amides is 2. The van der Waals surface area contributed by atoms with E-state index in [1.807, 2.05) is 12.1 Å². The van der Waals surface area contributed by atoms with Gasteiger partial charge in [0.15, 0.2) is 5.69 Å². The first kappa shape index (κ1) is 29.6. The van der Waals surface area contributed by atoms with Gasteiger partial charge in [0.05, 0.1) is 18.2 Å². The molecule has 0 spiro atoms. The highest BCUT2D eigenvalue weighted by Gasteiger charge is 2.46. The fourth-order valence-electron chi connectivity index (χ4n) is 4.16. The number of carbonyl (C=O) groups excluding carboxylic acids is 2. The van der Waals surface area contributed by atoms with Gasteiger partial charge in [0.2, 0.25) is 5.84 Å². The van der Waals surface area contributed by atoms with Crippen LogP contribution in [0.2, 0.25) is 0 Å². The molecule has 1 N–H and O–H groups in total. The summed E-state index contributed by atoms with van der Waals surface area (Å²) in [6.45, 7) is 7.72. The minimum atomic E-state index is -1.15. The summed E-state index contributed by atoms with van der Waals surface area (Å²) in [5.41, 5.74) is 1.40. The predicted molar refractivity (Wildman–Crippen MR) is 151 cm³/mol. The average molecular weight is 537 g/mol. The molecular weight excluding hydrogens is 498 g/mol. The van der Waals surface area contributed by atoms with Crippen molar-refractivity contribution >= 4 is 29.7 Å². The van der Waals surface area contributed by atoms with Crippen molar-refractivity contribution in [1.29, 1.82) is 0 Å². The number of carboxylic acid groups (broad SMARTS) is 1. The number of hydrogen-bond donors (Lipinski definition) is 1. The Morgan fingerprint density at radius 2 is 1.64 bits per heavy atom. The third-order valence-corrected chi connectivity index (χ3v) is 6.31. The summed E-state index contributed by atoms with van der Waals surface area (Å²) in [5, 5.41) is 10.2. The lowest BCUT2D eigenvalue weighted by Crippen LogP contribution is -2.52. The number of benzene rings is 2. The molecule has 2 aromatic carbocycles. The maximum atomic E-state index is 12.6. The van der Waals surface area contributed by atoms with Crippen LogP contribution in [0.25, 0.3) is 0 Å². The van der Waals surface area contributed by atoms with Gasteiger partial charge in [-0.15, -0.1) is 4.48 Å². The molecule has 9 heteroatoms. The molecule has 0 aliphatic carbocycles. The van der Waals surface area contributed by atoms with Gasteiger partial charge in [-0.25, -0.2) is 14.6 Å². The normalized spacial score (nSPS) is 16.5. The van der Waals surface area contributed by atoms with Gasteiger partial charge in [0, 0.05) is 25.7 Å². The van der Waals surface area contributed by atoms with E-state index in [2.05, 4.69) is 11.9 Å². The van der Waals surface area contributed by atoms with Gasteiger partial charge in [0.1, 0.15) is 17.6 Å². The summed E-state index contributed by atoms with van der Waals surface area (Å²) in [6.07, 6.45) is 5.90. The lowest BCUT2D eigenvalue weighted by molar-refractivity contribution is 0.0302. The molecule has 2 amide bonds. The van der Waals surface area contributed by atoms with Gasteiger partial charge in [-0.3, -0.25) is 0 Å². The van der Waals surface area contributed by atoms with Crippen LogP contribution in [0.1, 0.15) is 69.3 Å². The summed E-state index contributed by atoms with van der Waals surface area (Å²) >= 11 is 0. The minimum absolute atomic E-state index is 0.209. The third kappa shape index (κ3) is 7.54. The van der Waals surface area contributed by atoms with Crippen LogP contribution in [-0.2, 0) is 11.2 Å². The lowest BCUT2D eigenvalue weighted by atomic mass is 10.1. The highest BCUT2D eigenvalue weighted by Crippen LogP contribution is 2.32. The van der Waals surface area contributed by atoms with Gasteiger partial charge in [-0.1, -0.05) is 31.9 Å². The summed E-state index contributed by atoms with van der Waals surface area (Å²) < 4.78 is 10.2. The molecule has 0 saturated heterocycles. The number of unbranched alkanes of at least 4 members (excludes halogenated alkanes) is 2. The number of rotatable bonds is 10. The summed E-state index contributed by atoms with van der Waals surface area (Å²) in [6, 6.07) is 13.7. The van der Waals surface area contributed by atoms with E-state index >= 15 is 0 Å². The van der Waals surface area contributed by atoms with Crippen molar-refractivity contribution in [3.8, 4) is 5.75 Å². The SMILES string of the molecule is CCCCCc1ccc(C(=O)Oc2ccc([N+]3(C(=O)O)C=CN=C3CCN(C)C(=O)OC(C)(C)C)cc2)cc1. The molecule has 0 aromatic heterocycles. The van der Waals surface area contributed by atoms with E-state index in [1.165, 1.54) is 29.3 Å². The zero-order chi connectivity index (χ0) is 28.6. The second-order valence-electron chi connectivity index (χ2n) is 10.5. The number of carbonyl (C=O) groups is 3. The average Bonchev–Trinajstić information content (AvgIpc) is 3.32. The van der Waals surface area contributed by atoms with E-state index in [9.17, 15) is 19.5 Å². The van der Waals surface area contributed by atoms with Crippen LogP contribution in [0.3, 0.4) is 0 Å². The maximum absolute atomic E-state index is 12.6. The fourth-order valence-corrected chi connectivity index (χ4v) is 4.16. The number of amidine groups is 1. The van der Waals surface area contributed by atoms with Crippen molar-refractivity contribution in [2.45, 2.75) is 65.4 Å². The van der Waals surface area contributed by atoms with E-state index in [0.29, 0.717) is 22.8 Å². The molecule has 208 valence electrons. The molecule has 0 saturated carbocycles. The first-order valence-corrected chi connectivity index (χ1v) is 13.2. The van der Waals surface area contributed by atoms with Crippen molar-refractivity contribution in [3.05, 3.63) is 72.1 Å². The molecule has 1 unspecified atom stereocenters. The second kappa shape index (κ2) is 12.7. The van der Waals surface area contributed by atoms with Crippen molar-refractivity contribution in [2.24, 2.45) is 4.99 Å². The highest BCUT2D eigenvalue weighted by atomic mass is 16.6. The Hall–Kier alpha value is -3.98. The van der Waals surface area contributed by atoms with Crippen molar-refractivity contribution in [3.63, 3.8) is 0 Å². The van der Waals surface area contributed by atoms with Crippen LogP contribution in [-0.4, -0.2) is 53.2 Å². The molecule has 0 fully saturated rings. The van der Waals surface area contributed by atoms with E-state index in [1.54, 1.807) is 64.2 Å². The van der Waals surface area contributed by atoms with Gasteiger partial charge in [-0.2, -0.15) is 4.79 Å². The number of quaternary nitrogens is 1. The standard InChI is InChI=1S/C30H37N3O6/c1-6-7-8-9-22-10-12-23(13-11-22)27(34)38-25-16-14-24(15-17-25)33(29(36)37)21-19-31-26(33)18-20-32(5)28(35)39-30(2,3)4/h10-17,19,21H,6-9,18,20H2,1-5H3/p+1. The molecular formula is C30H38N3O6+. The largest absolute Gasteiger partial charge is 0.529 e. The Kier molecular flexibility index (Phi) is 9.64. The van der Waals surface area contributed by atoms with E-state index < -0.39 is 28.2 Å². The highest BCUT2D eigenvalue weighted by molar-refractivity contribution is 6.11. The zero-order valence-corrected chi connectivity index (χ0v) is 23.3. The Balaban J connectivity index is 1.68. The van der Waals surface area contributed by atoms with Gasteiger partial charge in [0.25, 0.3) is 0 Å². The Morgan fingerprint density at radius 3 is 2.23 bits per heavy atom. The van der Waals surface area contributed by atoms with Crippen LogP contribution in [0, 0.1) is 0 Å². The zero-order valence-electron chi connectivity index (χ0n) is 23.3. The third-order valence-electron chi connectivity index (χ3n) is 6.31. The molecule has 0 radical (unpaired) electrons.